The Hall–Kier alpha value is -7.44. The predicted molar refractivity (Wildman–Crippen MR) is 246 cm³/mol. The maximum atomic E-state index is 10.2. The van der Waals surface area contributed by atoms with Crippen LogP contribution in [0.3, 0.4) is 0 Å². The molecule has 0 bridgehead atoms. The molecule has 0 saturated carbocycles. The molecule has 0 fully saturated rings. The van der Waals surface area contributed by atoms with Crippen molar-refractivity contribution in [2.24, 2.45) is 0 Å². The zero-order valence-corrected chi connectivity index (χ0v) is 34.5. The van der Waals surface area contributed by atoms with Crippen LogP contribution in [-0.4, -0.2) is 32.1 Å². The number of benzene rings is 7. The summed E-state index contributed by atoms with van der Waals surface area (Å²) < 4.78 is 0. The Morgan fingerprint density at radius 3 is 0.683 bits per heavy atom. The van der Waals surface area contributed by atoms with Crippen LogP contribution in [-0.2, 0) is 0 Å². The Balaban J connectivity index is 1.34. The van der Waals surface area contributed by atoms with E-state index in [9.17, 15) is 15.3 Å². The van der Waals surface area contributed by atoms with E-state index in [2.05, 4.69) is 71.0 Å². The second-order valence-electron chi connectivity index (χ2n) is 16.1. The van der Waals surface area contributed by atoms with Crippen molar-refractivity contribution in [2.45, 2.75) is 58.3 Å². The standard InChI is InChI=1S/C57H42O3/c1-55(2,58)34-31-46-16-10-19-49-43(13-7-22-52(46)49)28-25-40-37-41(26-29-44-14-8-23-53-47(17-11-20-50(44)53)32-35-56(3,4)59)39-42(38-40)27-30-45-15-9-24-54-48(18-12-21-51(45)54)33-36-57(5,6)60/h7-24,37-39,58-60H,1-6H3. The van der Waals surface area contributed by atoms with Gasteiger partial charge in [-0.25, -0.2) is 0 Å². The van der Waals surface area contributed by atoms with Crippen LogP contribution in [0, 0.1) is 71.0 Å². The van der Waals surface area contributed by atoms with Crippen molar-refractivity contribution in [3.8, 4) is 71.0 Å². The second-order valence-corrected chi connectivity index (χ2v) is 16.1. The zero-order chi connectivity index (χ0) is 42.5. The Labute approximate surface area is 353 Å². The van der Waals surface area contributed by atoms with Crippen LogP contribution >= 0.6 is 0 Å². The summed E-state index contributed by atoms with van der Waals surface area (Å²) in [6, 6.07) is 41.7. The van der Waals surface area contributed by atoms with Crippen molar-refractivity contribution < 1.29 is 15.3 Å². The van der Waals surface area contributed by atoms with Crippen molar-refractivity contribution in [3.63, 3.8) is 0 Å². The van der Waals surface area contributed by atoms with Crippen LogP contribution in [0.4, 0.5) is 0 Å². The molecule has 3 nitrogen and oxygen atoms in total. The van der Waals surface area contributed by atoms with Gasteiger partial charge in [0.25, 0.3) is 0 Å². The van der Waals surface area contributed by atoms with Gasteiger partial charge in [-0.05, 0) is 128 Å². The molecule has 60 heavy (non-hydrogen) atoms. The molecule has 0 aliphatic heterocycles. The lowest BCUT2D eigenvalue weighted by molar-refractivity contribution is 0.143. The molecule has 0 aliphatic rings. The van der Waals surface area contributed by atoms with Gasteiger partial charge in [-0.2, -0.15) is 0 Å². The molecule has 0 aliphatic carbocycles. The number of fused-ring (bicyclic) bond motifs is 3. The molecule has 0 atom stereocenters. The highest BCUT2D eigenvalue weighted by Crippen LogP contribution is 2.25. The van der Waals surface area contributed by atoms with Gasteiger partial charge >= 0.3 is 0 Å². The molecule has 3 N–H and O–H groups in total. The largest absolute Gasteiger partial charge is 0.378 e. The van der Waals surface area contributed by atoms with E-state index in [1.165, 1.54) is 0 Å². The minimum Gasteiger partial charge on any atom is -0.378 e. The Morgan fingerprint density at radius 2 is 0.483 bits per heavy atom. The molecule has 0 heterocycles. The molecular formula is C57H42O3. The lowest BCUT2D eigenvalue weighted by atomic mass is 9.98. The highest BCUT2D eigenvalue weighted by molar-refractivity contribution is 5.95. The third kappa shape index (κ3) is 10.3. The molecule has 0 spiro atoms. The molecule has 0 unspecified atom stereocenters. The van der Waals surface area contributed by atoms with Gasteiger partial charge in [0.05, 0.1) is 0 Å². The Morgan fingerprint density at radius 1 is 0.283 bits per heavy atom. The van der Waals surface area contributed by atoms with E-state index in [0.717, 1.165) is 82.4 Å². The molecule has 7 aromatic carbocycles. The number of rotatable bonds is 0. The minimum atomic E-state index is -1.11. The van der Waals surface area contributed by atoms with Gasteiger partial charge in [0.15, 0.2) is 0 Å². The average molecular weight is 775 g/mol. The highest BCUT2D eigenvalue weighted by Gasteiger charge is 2.10. The van der Waals surface area contributed by atoms with E-state index < -0.39 is 16.8 Å². The maximum absolute atomic E-state index is 10.2. The van der Waals surface area contributed by atoms with Crippen LogP contribution in [0.5, 0.6) is 0 Å². The van der Waals surface area contributed by atoms with Crippen LogP contribution in [0.1, 0.15) is 91.6 Å². The van der Waals surface area contributed by atoms with Gasteiger partial charge in [-0.3, -0.25) is 0 Å². The molecule has 0 radical (unpaired) electrons. The van der Waals surface area contributed by atoms with Crippen molar-refractivity contribution >= 4 is 32.3 Å². The van der Waals surface area contributed by atoms with Crippen molar-refractivity contribution in [1.29, 1.82) is 0 Å². The average Bonchev–Trinajstić information content (AvgIpc) is 3.21. The SMILES string of the molecule is CC(C)(O)C#Cc1cccc2c(C#Cc3cc(C#Cc4cccc5c(C#CC(C)(C)O)cccc45)cc(C#Cc4cccc5c(C#CC(C)(C)O)cccc45)c3)cccc12. The normalized spacial score (nSPS) is 10.9. The summed E-state index contributed by atoms with van der Waals surface area (Å²) >= 11 is 0. The molecular weight excluding hydrogens is 733 g/mol. The van der Waals surface area contributed by atoms with Gasteiger partial charge in [0, 0.05) is 50.1 Å². The van der Waals surface area contributed by atoms with E-state index in [4.69, 9.17) is 0 Å². The van der Waals surface area contributed by atoms with E-state index >= 15 is 0 Å². The fourth-order valence-electron chi connectivity index (χ4n) is 6.51. The summed E-state index contributed by atoms with van der Waals surface area (Å²) in [6.45, 7) is 10.0. The first-order chi connectivity index (χ1) is 28.6. The van der Waals surface area contributed by atoms with Gasteiger partial charge < -0.3 is 15.3 Å². The van der Waals surface area contributed by atoms with Crippen molar-refractivity contribution in [1.82, 2.24) is 0 Å². The minimum absolute atomic E-state index is 0.755. The molecule has 288 valence electrons. The summed E-state index contributed by atoms with van der Waals surface area (Å²) in [5.74, 6) is 38.6. The fraction of sp³-hybridized carbons (Fsp3) is 0.158. The number of hydrogen-bond donors (Lipinski definition) is 3. The maximum Gasteiger partial charge on any atom is 0.120 e. The summed E-state index contributed by atoms with van der Waals surface area (Å²) in [4.78, 5) is 0. The lowest BCUT2D eigenvalue weighted by Gasteiger charge is -2.07. The molecule has 3 heteroatoms. The van der Waals surface area contributed by atoms with Crippen molar-refractivity contribution in [2.75, 3.05) is 0 Å². The van der Waals surface area contributed by atoms with Crippen molar-refractivity contribution in [3.05, 3.63) is 177 Å². The van der Waals surface area contributed by atoms with E-state index in [0.29, 0.717) is 0 Å². The summed E-state index contributed by atoms with van der Waals surface area (Å²) in [5.41, 5.74) is 3.94. The predicted octanol–water partition coefficient (Wildman–Crippen LogP) is 9.71. The Bertz CT molecular complexity index is 2870. The smallest absolute Gasteiger partial charge is 0.120 e. The third-order valence-corrected chi connectivity index (χ3v) is 9.23. The second kappa shape index (κ2) is 16.8. The monoisotopic (exact) mass is 774 g/mol. The first kappa shape index (κ1) is 40.7. The van der Waals surface area contributed by atoms with Gasteiger partial charge in [0.1, 0.15) is 16.8 Å². The lowest BCUT2D eigenvalue weighted by Crippen LogP contribution is -2.14. The fourth-order valence-corrected chi connectivity index (χ4v) is 6.51. The highest BCUT2D eigenvalue weighted by atomic mass is 16.3. The first-order valence-electron chi connectivity index (χ1n) is 19.6. The van der Waals surface area contributed by atoms with Crippen LogP contribution in [0.15, 0.2) is 127 Å². The van der Waals surface area contributed by atoms with E-state index in [1.54, 1.807) is 41.5 Å². The summed E-state index contributed by atoms with van der Waals surface area (Å²) in [5, 5.41) is 36.5. The number of aliphatic hydroxyl groups is 3. The Kier molecular flexibility index (Phi) is 11.4. The summed E-state index contributed by atoms with van der Waals surface area (Å²) in [6.07, 6.45) is 0. The first-order valence-corrected chi connectivity index (χ1v) is 19.6. The van der Waals surface area contributed by atoms with Gasteiger partial charge in [0.2, 0.25) is 0 Å². The number of hydrogen-bond acceptors (Lipinski definition) is 3. The molecule has 0 amide bonds. The quantitative estimate of drug-likeness (QED) is 0.135. The van der Waals surface area contributed by atoms with E-state index in [1.807, 2.05) is 127 Å². The molecule has 0 saturated heterocycles. The summed E-state index contributed by atoms with van der Waals surface area (Å²) in [7, 11) is 0. The molecule has 7 aromatic rings. The van der Waals surface area contributed by atoms with Gasteiger partial charge in [-0.1, -0.05) is 144 Å². The van der Waals surface area contributed by atoms with Crippen LogP contribution < -0.4 is 0 Å². The third-order valence-electron chi connectivity index (χ3n) is 9.23. The van der Waals surface area contributed by atoms with Crippen LogP contribution in [0.25, 0.3) is 32.3 Å². The van der Waals surface area contributed by atoms with Crippen LogP contribution in [0.2, 0.25) is 0 Å². The molecule has 7 rings (SSSR count). The zero-order valence-electron chi connectivity index (χ0n) is 34.5. The van der Waals surface area contributed by atoms with Gasteiger partial charge in [-0.15, -0.1) is 0 Å². The molecule has 0 aromatic heterocycles. The topological polar surface area (TPSA) is 60.7 Å². The van der Waals surface area contributed by atoms with E-state index in [-0.39, 0.29) is 0 Å².